The number of halogens is 1. The topological polar surface area (TPSA) is 85.4 Å². The van der Waals surface area contributed by atoms with Crippen LogP contribution >= 0.6 is 22.6 Å². The first kappa shape index (κ1) is 19.1. The average molecular weight is 471 g/mol. The molecule has 1 aromatic carbocycles. The van der Waals surface area contributed by atoms with E-state index in [0.29, 0.717) is 6.54 Å². The van der Waals surface area contributed by atoms with Gasteiger partial charge in [0.25, 0.3) is 0 Å². The van der Waals surface area contributed by atoms with Crippen molar-refractivity contribution in [1.82, 2.24) is 15.1 Å². The molecule has 142 valence electrons. The number of nitrogens with one attached hydrogen (secondary N) is 1. The van der Waals surface area contributed by atoms with Crippen molar-refractivity contribution in [2.45, 2.75) is 45.3 Å². The first-order chi connectivity index (χ1) is 12.2. The van der Waals surface area contributed by atoms with E-state index >= 15 is 0 Å². The fraction of sp³-hybridized carbons (Fsp3) is 0.556. The molecule has 7 nitrogen and oxygen atoms in total. The van der Waals surface area contributed by atoms with Crippen molar-refractivity contribution in [1.29, 1.82) is 0 Å². The number of aryl methyl sites for hydroxylation is 1. The Morgan fingerprint density at radius 2 is 2.15 bits per heavy atom. The van der Waals surface area contributed by atoms with Crippen LogP contribution in [0.4, 0.5) is 16.2 Å². The predicted molar refractivity (Wildman–Crippen MR) is 112 cm³/mol. The molecule has 1 fully saturated rings. The minimum Gasteiger partial charge on any atom is -0.444 e. The van der Waals surface area contributed by atoms with Crippen molar-refractivity contribution in [3.8, 4) is 0 Å². The highest BCUT2D eigenvalue weighted by molar-refractivity contribution is 14.1. The van der Waals surface area contributed by atoms with Gasteiger partial charge in [-0.2, -0.15) is 5.10 Å². The highest BCUT2D eigenvalue weighted by Crippen LogP contribution is 2.37. The van der Waals surface area contributed by atoms with E-state index < -0.39 is 5.60 Å². The number of nitrogens with zero attached hydrogens (tertiary/aromatic N) is 3. The molecule has 26 heavy (non-hydrogen) atoms. The predicted octanol–water partition coefficient (Wildman–Crippen LogP) is 3.25. The molecule has 3 rings (SSSR count). The summed E-state index contributed by atoms with van der Waals surface area (Å²) < 4.78 is 8.20. The van der Waals surface area contributed by atoms with Crippen molar-refractivity contribution in [3.63, 3.8) is 0 Å². The Morgan fingerprint density at radius 1 is 1.42 bits per heavy atom. The minimum atomic E-state index is -0.500. The Balaban J connectivity index is 1.83. The minimum absolute atomic E-state index is 0.0302. The second-order valence-corrected chi connectivity index (χ2v) is 8.77. The third-order valence-electron chi connectivity index (χ3n) is 4.44. The van der Waals surface area contributed by atoms with Crippen LogP contribution < -0.4 is 16.0 Å². The second-order valence-electron chi connectivity index (χ2n) is 7.74. The van der Waals surface area contributed by atoms with Gasteiger partial charge >= 0.3 is 6.09 Å². The number of benzene rings is 1. The number of nitrogen functional groups attached to an aromatic ring is 1. The van der Waals surface area contributed by atoms with E-state index in [4.69, 9.17) is 10.5 Å². The molecular formula is C18H26IN5O2. The summed E-state index contributed by atoms with van der Waals surface area (Å²) in [6.45, 7) is 7.21. The van der Waals surface area contributed by atoms with E-state index in [2.05, 4.69) is 37.9 Å². The Morgan fingerprint density at radius 3 is 2.85 bits per heavy atom. The highest BCUT2D eigenvalue weighted by Gasteiger charge is 2.27. The van der Waals surface area contributed by atoms with Crippen LogP contribution in [0, 0.1) is 3.70 Å². The number of ether oxygens (including phenoxy) is 1. The van der Waals surface area contributed by atoms with Crippen molar-refractivity contribution in [3.05, 3.63) is 15.8 Å². The summed E-state index contributed by atoms with van der Waals surface area (Å²) in [5.41, 5.74) is 8.64. The monoisotopic (exact) mass is 471 g/mol. The van der Waals surface area contributed by atoms with Gasteiger partial charge in [0.1, 0.15) is 9.30 Å². The van der Waals surface area contributed by atoms with Gasteiger partial charge in [0.2, 0.25) is 0 Å². The lowest BCUT2D eigenvalue weighted by Gasteiger charge is -2.36. The van der Waals surface area contributed by atoms with Gasteiger partial charge in [-0.15, -0.1) is 0 Å². The summed E-state index contributed by atoms with van der Waals surface area (Å²) in [7, 11) is 1.94. The Hall–Kier alpha value is -1.71. The molecule has 1 amide bonds. The number of carbonyl (C=O) groups is 1. The van der Waals surface area contributed by atoms with E-state index in [0.717, 1.165) is 45.4 Å². The number of carbonyl (C=O) groups excluding carboxylic acids is 1. The smallest absolute Gasteiger partial charge is 0.407 e. The fourth-order valence-electron chi connectivity index (χ4n) is 3.42. The molecule has 8 heteroatoms. The molecule has 0 radical (unpaired) electrons. The zero-order valence-electron chi connectivity index (χ0n) is 15.7. The molecular weight excluding hydrogens is 445 g/mol. The van der Waals surface area contributed by atoms with Crippen LogP contribution in [0.5, 0.6) is 0 Å². The Labute approximate surface area is 167 Å². The number of fused-ring (bicyclic) bond motifs is 1. The lowest BCUT2D eigenvalue weighted by atomic mass is 10.0. The number of rotatable bonds is 2. The van der Waals surface area contributed by atoms with Gasteiger partial charge < -0.3 is 20.7 Å². The zero-order chi connectivity index (χ0) is 19.1. The van der Waals surface area contributed by atoms with Crippen molar-refractivity contribution >= 4 is 51.0 Å². The third-order valence-corrected chi connectivity index (χ3v) is 5.19. The van der Waals surface area contributed by atoms with Crippen LogP contribution in [0.15, 0.2) is 12.1 Å². The number of hydrogen-bond acceptors (Lipinski definition) is 5. The summed E-state index contributed by atoms with van der Waals surface area (Å²) in [4.78, 5) is 14.4. The molecule has 1 aromatic heterocycles. The van der Waals surface area contributed by atoms with Crippen LogP contribution in [0.1, 0.15) is 33.6 Å². The first-order valence-corrected chi connectivity index (χ1v) is 9.89. The van der Waals surface area contributed by atoms with Crippen molar-refractivity contribution in [2.75, 3.05) is 23.7 Å². The molecule has 0 spiro atoms. The standard InChI is InChI=1S/C18H26IN5O2/c1-18(2,3)26-17(25)21-11-6-5-9-24(10-11)15-12(20)7-8-13-14(15)16(19)22-23(13)4/h7-8,11H,5-6,9-10,20H2,1-4H3,(H,21,25)/t11-/m1/s1. The van der Waals surface area contributed by atoms with Gasteiger partial charge in [0, 0.05) is 26.2 Å². The maximum atomic E-state index is 12.1. The molecule has 1 aliphatic rings. The third kappa shape index (κ3) is 3.99. The van der Waals surface area contributed by atoms with Gasteiger partial charge in [-0.1, -0.05) is 0 Å². The number of nitrogens with two attached hydrogens (primary N) is 1. The summed E-state index contributed by atoms with van der Waals surface area (Å²) in [6.07, 6.45) is 1.54. The molecule has 0 bridgehead atoms. The molecule has 1 atom stereocenters. The van der Waals surface area contributed by atoms with E-state index in [-0.39, 0.29) is 12.1 Å². The van der Waals surface area contributed by atoms with Gasteiger partial charge in [-0.05, 0) is 68.3 Å². The van der Waals surface area contributed by atoms with Gasteiger partial charge in [-0.3, -0.25) is 4.68 Å². The second kappa shape index (κ2) is 7.13. The van der Waals surface area contributed by atoms with Crippen LogP contribution in [0.3, 0.4) is 0 Å². The molecule has 0 unspecified atom stereocenters. The summed E-state index contributed by atoms with van der Waals surface area (Å²) in [5, 5.41) is 8.60. The fourth-order valence-corrected chi connectivity index (χ4v) is 4.27. The maximum Gasteiger partial charge on any atom is 0.407 e. The van der Waals surface area contributed by atoms with Crippen LogP contribution in [-0.4, -0.2) is 40.6 Å². The first-order valence-electron chi connectivity index (χ1n) is 8.81. The van der Waals surface area contributed by atoms with E-state index in [1.807, 2.05) is 44.6 Å². The highest BCUT2D eigenvalue weighted by atomic mass is 127. The number of piperidine rings is 1. The molecule has 0 aliphatic carbocycles. The van der Waals surface area contributed by atoms with Gasteiger partial charge in [0.15, 0.2) is 0 Å². The average Bonchev–Trinajstić information content (AvgIpc) is 2.80. The van der Waals surface area contributed by atoms with Gasteiger partial charge in [0.05, 0.1) is 22.3 Å². The lowest BCUT2D eigenvalue weighted by molar-refractivity contribution is 0.0500. The molecule has 0 saturated carbocycles. The largest absolute Gasteiger partial charge is 0.444 e. The summed E-state index contributed by atoms with van der Waals surface area (Å²) in [6, 6.07) is 3.96. The number of alkyl carbamates (subject to hydrolysis) is 1. The van der Waals surface area contributed by atoms with E-state index in [1.54, 1.807) is 0 Å². The van der Waals surface area contributed by atoms with Gasteiger partial charge in [-0.25, -0.2) is 4.79 Å². The summed E-state index contributed by atoms with van der Waals surface area (Å²) >= 11 is 2.25. The van der Waals surface area contributed by atoms with E-state index in [9.17, 15) is 4.79 Å². The van der Waals surface area contributed by atoms with Crippen LogP contribution in [0.2, 0.25) is 0 Å². The summed E-state index contributed by atoms with van der Waals surface area (Å²) in [5.74, 6) is 0. The molecule has 2 aromatic rings. The normalized spacial score (nSPS) is 18.2. The maximum absolute atomic E-state index is 12.1. The Kier molecular flexibility index (Phi) is 5.23. The molecule has 1 aliphatic heterocycles. The molecule has 1 saturated heterocycles. The number of amides is 1. The van der Waals surface area contributed by atoms with Crippen LogP contribution in [0.25, 0.3) is 10.9 Å². The quantitative estimate of drug-likeness (QED) is 0.519. The molecule has 2 heterocycles. The SMILES string of the molecule is Cn1nc(I)c2c(N3CCC[C@@H](NC(=O)OC(C)(C)C)C3)c(N)ccc21. The number of aromatic nitrogens is 2. The van der Waals surface area contributed by atoms with Crippen LogP contribution in [-0.2, 0) is 11.8 Å². The van der Waals surface area contributed by atoms with Crippen molar-refractivity contribution in [2.24, 2.45) is 7.05 Å². The number of anilines is 2. The zero-order valence-corrected chi connectivity index (χ0v) is 17.8. The number of hydrogen-bond donors (Lipinski definition) is 2. The molecule has 3 N–H and O–H groups in total. The van der Waals surface area contributed by atoms with E-state index in [1.165, 1.54) is 0 Å². The lowest BCUT2D eigenvalue weighted by Crippen LogP contribution is -2.49. The Bertz CT molecular complexity index is 827. The van der Waals surface area contributed by atoms with Crippen molar-refractivity contribution < 1.29 is 9.53 Å².